The molecule has 3 aromatic rings. The third-order valence-electron chi connectivity index (χ3n) is 3.86. The Bertz CT molecular complexity index is 983. The van der Waals surface area contributed by atoms with Gasteiger partial charge in [0.2, 0.25) is 0 Å². The summed E-state index contributed by atoms with van der Waals surface area (Å²) in [5.41, 5.74) is 0.252. The molecule has 1 heterocycles. The number of benzene rings is 2. The highest BCUT2D eigenvalue weighted by Gasteiger charge is 2.30. The normalized spacial score (nSPS) is 11.3. The molecule has 1 amide bonds. The Morgan fingerprint density at radius 2 is 1.89 bits per heavy atom. The number of amides is 1. The van der Waals surface area contributed by atoms with Gasteiger partial charge in [0.15, 0.2) is 5.69 Å². The Hall–Kier alpha value is -3.36. The predicted molar refractivity (Wildman–Crippen MR) is 92.0 cm³/mol. The molecular weight excluding hydrogens is 361 g/mol. The van der Waals surface area contributed by atoms with Crippen LogP contribution in [-0.4, -0.2) is 28.0 Å². The van der Waals surface area contributed by atoms with E-state index in [1.807, 2.05) is 0 Å². The minimum atomic E-state index is -4.49. The summed E-state index contributed by atoms with van der Waals surface area (Å²) >= 11 is 0. The van der Waals surface area contributed by atoms with Gasteiger partial charge in [-0.15, -0.1) is 5.10 Å². The summed E-state index contributed by atoms with van der Waals surface area (Å²) in [5.74, 6) is -0.0432. The number of carbonyl (C=O) groups excluding carboxylic acids is 1. The quantitative estimate of drug-likeness (QED) is 0.751. The minimum absolute atomic E-state index is 0.00947. The van der Waals surface area contributed by atoms with Gasteiger partial charge < -0.3 is 10.1 Å². The fraction of sp³-hybridized carbons (Fsp3) is 0.167. The summed E-state index contributed by atoms with van der Waals surface area (Å²) < 4.78 is 45.0. The van der Waals surface area contributed by atoms with E-state index in [-0.39, 0.29) is 11.4 Å². The lowest BCUT2D eigenvalue weighted by Crippen LogP contribution is -2.15. The fourth-order valence-corrected chi connectivity index (χ4v) is 2.49. The van der Waals surface area contributed by atoms with Crippen molar-refractivity contribution in [2.75, 3.05) is 12.4 Å². The Morgan fingerprint density at radius 1 is 1.15 bits per heavy atom. The molecule has 1 N–H and O–H groups in total. The molecule has 2 aromatic carbocycles. The maximum absolute atomic E-state index is 12.8. The van der Waals surface area contributed by atoms with Crippen LogP contribution in [0.3, 0.4) is 0 Å². The Morgan fingerprint density at radius 3 is 2.59 bits per heavy atom. The van der Waals surface area contributed by atoms with E-state index in [9.17, 15) is 18.0 Å². The number of carbonyl (C=O) groups is 1. The molecule has 1 aromatic heterocycles. The smallest absolute Gasteiger partial charge is 0.416 e. The summed E-state index contributed by atoms with van der Waals surface area (Å²) in [7, 11) is 1.53. The molecule has 0 spiro atoms. The number of nitrogens with one attached hydrogen (secondary N) is 1. The second-order valence-corrected chi connectivity index (χ2v) is 5.67. The van der Waals surface area contributed by atoms with Crippen LogP contribution < -0.4 is 10.1 Å². The molecular formula is C18H15F3N4O2. The largest absolute Gasteiger partial charge is 0.497 e. The van der Waals surface area contributed by atoms with Crippen LogP contribution in [0.25, 0.3) is 5.69 Å². The van der Waals surface area contributed by atoms with E-state index >= 15 is 0 Å². The van der Waals surface area contributed by atoms with Gasteiger partial charge in [-0.3, -0.25) is 4.79 Å². The molecule has 0 aliphatic carbocycles. The lowest BCUT2D eigenvalue weighted by atomic mass is 10.2. The zero-order chi connectivity index (χ0) is 19.6. The predicted octanol–water partition coefficient (Wildman–Crippen LogP) is 3.86. The van der Waals surface area contributed by atoms with Gasteiger partial charge in [-0.05, 0) is 37.3 Å². The number of rotatable bonds is 4. The van der Waals surface area contributed by atoms with Crippen molar-refractivity contribution in [2.45, 2.75) is 13.1 Å². The van der Waals surface area contributed by atoms with E-state index in [4.69, 9.17) is 4.74 Å². The average Bonchev–Trinajstić information content (AvgIpc) is 3.03. The van der Waals surface area contributed by atoms with Crippen molar-refractivity contribution < 1.29 is 22.7 Å². The first-order chi connectivity index (χ1) is 12.8. The van der Waals surface area contributed by atoms with E-state index in [1.165, 1.54) is 23.9 Å². The SMILES string of the molecule is COc1cccc(-n2nnc(C(=O)Nc3cccc(C(F)(F)F)c3)c2C)c1. The Kier molecular flexibility index (Phi) is 4.85. The number of halogens is 3. The van der Waals surface area contributed by atoms with Crippen LogP contribution in [0.4, 0.5) is 18.9 Å². The first kappa shape index (κ1) is 18.4. The molecule has 0 radical (unpaired) electrons. The van der Waals surface area contributed by atoms with Crippen molar-refractivity contribution in [3.05, 3.63) is 65.5 Å². The topological polar surface area (TPSA) is 69.0 Å². The zero-order valence-electron chi connectivity index (χ0n) is 14.4. The van der Waals surface area contributed by atoms with Gasteiger partial charge >= 0.3 is 6.18 Å². The number of nitrogens with zero attached hydrogens (tertiary/aromatic N) is 3. The van der Waals surface area contributed by atoms with Gasteiger partial charge in [0, 0.05) is 11.8 Å². The Balaban J connectivity index is 1.85. The lowest BCUT2D eigenvalue weighted by Gasteiger charge is -2.09. The first-order valence-electron chi connectivity index (χ1n) is 7.85. The van der Waals surface area contributed by atoms with Gasteiger partial charge in [0.25, 0.3) is 5.91 Å². The van der Waals surface area contributed by atoms with Crippen LogP contribution in [0.5, 0.6) is 5.75 Å². The number of hydrogen-bond donors (Lipinski definition) is 1. The van der Waals surface area contributed by atoms with E-state index in [0.717, 1.165) is 12.1 Å². The highest BCUT2D eigenvalue weighted by molar-refractivity contribution is 6.03. The van der Waals surface area contributed by atoms with E-state index in [1.54, 1.807) is 31.2 Å². The van der Waals surface area contributed by atoms with Crippen LogP contribution in [0.1, 0.15) is 21.7 Å². The molecule has 0 aliphatic rings. The second kappa shape index (κ2) is 7.10. The molecule has 0 atom stereocenters. The third-order valence-corrected chi connectivity index (χ3v) is 3.86. The van der Waals surface area contributed by atoms with Gasteiger partial charge in [-0.25, -0.2) is 4.68 Å². The van der Waals surface area contributed by atoms with Crippen molar-refractivity contribution in [2.24, 2.45) is 0 Å². The molecule has 0 bridgehead atoms. The van der Waals surface area contributed by atoms with Gasteiger partial charge in [-0.2, -0.15) is 13.2 Å². The standard InChI is InChI=1S/C18H15F3N4O2/c1-11-16(23-24-25(11)14-7-4-8-15(10-14)27-2)17(26)22-13-6-3-5-12(9-13)18(19,20)21/h3-10H,1-2H3,(H,22,26). The van der Waals surface area contributed by atoms with Crippen LogP contribution in [0.15, 0.2) is 48.5 Å². The Labute approximate surface area is 152 Å². The maximum atomic E-state index is 12.8. The average molecular weight is 376 g/mol. The highest BCUT2D eigenvalue weighted by Crippen LogP contribution is 2.30. The van der Waals surface area contributed by atoms with Crippen LogP contribution >= 0.6 is 0 Å². The molecule has 3 rings (SSSR count). The molecule has 27 heavy (non-hydrogen) atoms. The summed E-state index contributed by atoms with van der Waals surface area (Å²) in [6.45, 7) is 1.64. The van der Waals surface area contributed by atoms with Crippen molar-refractivity contribution >= 4 is 11.6 Å². The second-order valence-electron chi connectivity index (χ2n) is 5.67. The summed E-state index contributed by atoms with van der Waals surface area (Å²) in [5, 5.41) is 10.2. The molecule has 140 valence electrons. The number of methoxy groups -OCH3 is 1. The van der Waals surface area contributed by atoms with Crippen molar-refractivity contribution in [3.8, 4) is 11.4 Å². The highest BCUT2D eigenvalue weighted by atomic mass is 19.4. The van der Waals surface area contributed by atoms with E-state index < -0.39 is 17.6 Å². The van der Waals surface area contributed by atoms with E-state index in [0.29, 0.717) is 17.1 Å². The molecule has 0 saturated heterocycles. The number of hydrogen-bond acceptors (Lipinski definition) is 4. The number of ether oxygens (including phenoxy) is 1. The molecule has 6 nitrogen and oxygen atoms in total. The molecule has 0 aliphatic heterocycles. The number of aromatic nitrogens is 3. The lowest BCUT2D eigenvalue weighted by molar-refractivity contribution is -0.137. The minimum Gasteiger partial charge on any atom is -0.497 e. The maximum Gasteiger partial charge on any atom is 0.416 e. The van der Waals surface area contributed by atoms with Gasteiger partial charge in [-0.1, -0.05) is 17.3 Å². The summed E-state index contributed by atoms with van der Waals surface area (Å²) in [6, 6.07) is 11.4. The third kappa shape index (κ3) is 3.91. The van der Waals surface area contributed by atoms with Crippen molar-refractivity contribution in [1.82, 2.24) is 15.0 Å². The summed E-state index contributed by atoms with van der Waals surface area (Å²) in [4.78, 5) is 12.4. The monoisotopic (exact) mass is 376 g/mol. The van der Waals surface area contributed by atoms with Gasteiger partial charge in [0.1, 0.15) is 5.75 Å². The number of alkyl halides is 3. The summed E-state index contributed by atoms with van der Waals surface area (Å²) in [6.07, 6.45) is -4.49. The van der Waals surface area contributed by atoms with Gasteiger partial charge in [0.05, 0.1) is 24.1 Å². The fourth-order valence-electron chi connectivity index (χ4n) is 2.49. The first-order valence-corrected chi connectivity index (χ1v) is 7.85. The molecule has 0 unspecified atom stereocenters. The molecule has 9 heteroatoms. The molecule has 0 fully saturated rings. The number of anilines is 1. The van der Waals surface area contributed by atoms with Crippen LogP contribution in [-0.2, 0) is 6.18 Å². The van der Waals surface area contributed by atoms with E-state index in [2.05, 4.69) is 15.6 Å². The zero-order valence-corrected chi connectivity index (χ0v) is 14.4. The molecule has 0 saturated carbocycles. The van der Waals surface area contributed by atoms with Crippen LogP contribution in [0.2, 0.25) is 0 Å². The van der Waals surface area contributed by atoms with Crippen LogP contribution in [0, 0.1) is 6.92 Å². The van der Waals surface area contributed by atoms with Crippen molar-refractivity contribution in [1.29, 1.82) is 0 Å². The van der Waals surface area contributed by atoms with Crippen molar-refractivity contribution in [3.63, 3.8) is 0 Å².